The summed E-state index contributed by atoms with van der Waals surface area (Å²) in [6, 6.07) is 6.62. The summed E-state index contributed by atoms with van der Waals surface area (Å²) in [7, 11) is 5.25. The summed E-state index contributed by atoms with van der Waals surface area (Å²) in [5.74, 6) is 1.02. The Morgan fingerprint density at radius 2 is 2.19 bits per heavy atom. The molecule has 2 aromatic rings. The van der Waals surface area contributed by atoms with E-state index >= 15 is 0 Å². The molecule has 0 aliphatic carbocycles. The Hall–Kier alpha value is -1.50. The number of carbonyl (C=O) groups is 1. The van der Waals surface area contributed by atoms with Crippen molar-refractivity contribution in [1.82, 2.24) is 9.88 Å². The van der Waals surface area contributed by atoms with Gasteiger partial charge in [-0.2, -0.15) is 0 Å². The number of aliphatic hydroxyl groups excluding tert-OH is 1. The molecule has 0 saturated carbocycles. The lowest BCUT2D eigenvalue weighted by Crippen LogP contribution is -2.31. The van der Waals surface area contributed by atoms with Crippen molar-refractivity contribution < 1.29 is 9.90 Å². The molecule has 1 aliphatic rings. The number of aromatic nitrogens is 1. The second-order valence-electron chi connectivity index (χ2n) is 5.18. The summed E-state index contributed by atoms with van der Waals surface area (Å²) in [5, 5.41) is 8.05. The number of pyridine rings is 1. The molecular weight excluding hydrogens is 286 g/mol. The lowest BCUT2D eigenvalue weighted by Gasteiger charge is -2.21. The maximum Gasteiger partial charge on any atom is 0.160 e. The first kappa shape index (κ1) is 15.9. The van der Waals surface area contributed by atoms with E-state index in [1.165, 1.54) is 17.8 Å². The smallest absolute Gasteiger partial charge is 0.160 e. The average molecular weight is 307 g/mol. The van der Waals surface area contributed by atoms with Crippen molar-refractivity contribution >= 4 is 33.7 Å². The standard InChI is InChI=1S/C14H17N3OS.CH4O/c1-16(2)11-5-6-17(8-11)13-4-3-10-7-12(9-18)19-14(10)15-13;1-2/h3-4,7,9,11H,5-6,8H2,1-2H3;2H,1H3. The molecule has 0 bridgehead atoms. The summed E-state index contributed by atoms with van der Waals surface area (Å²) in [6.07, 6.45) is 2.07. The Balaban J connectivity index is 0.000000774. The van der Waals surface area contributed by atoms with Crippen LogP contribution in [0.4, 0.5) is 5.82 Å². The minimum Gasteiger partial charge on any atom is -0.400 e. The monoisotopic (exact) mass is 307 g/mol. The van der Waals surface area contributed by atoms with Gasteiger partial charge in [-0.1, -0.05) is 0 Å². The van der Waals surface area contributed by atoms with Gasteiger partial charge in [-0.3, -0.25) is 4.79 Å². The van der Waals surface area contributed by atoms with Crippen LogP contribution in [0.15, 0.2) is 18.2 Å². The fraction of sp³-hybridized carbons (Fsp3) is 0.467. The number of hydrogen-bond donors (Lipinski definition) is 1. The fourth-order valence-corrected chi connectivity index (χ4v) is 3.37. The largest absolute Gasteiger partial charge is 0.400 e. The Bertz CT molecular complexity index is 612. The summed E-state index contributed by atoms with van der Waals surface area (Å²) >= 11 is 1.46. The molecule has 114 valence electrons. The zero-order valence-corrected chi connectivity index (χ0v) is 13.4. The van der Waals surface area contributed by atoms with Crippen LogP contribution >= 0.6 is 11.3 Å². The van der Waals surface area contributed by atoms with Gasteiger partial charge in [0.1, 0.15) is 10.6 Å². The van der Waals surface area contributed by atoms with Gasteiger partial charge in [-0.15, -0.1) is 11.3 Å². The van der Waals surface area contributed by atoms with E-state index in [-0.39, 0.29) is 0 Å². The van der Waals surface area contributed by atoms with E-state index in [4.69, 9.17) is 5.11 Å². The summed E-state index contributed by atoms with van der Waals surface area (Å²) < 4.78 is 0. The highest BCUT2D eigenvalue weighted by molar-refractivity contribution is 7.20. The maximum absolute atomic E-state index is 10.8. The third-order valence-electron chi connectivity index (χ3n) is 3.72. The summed E-state index contributed by atoms with van der Waals surface area (Å²) in [6.45, 7) is 2.07. The lowest BCUT2D eigenvalue weighted by molar-refractivity contribution is 0.112. The quantitative estimate of drug-likeness (QED) is 0.877. The second kappa shape index (κ2) is 6.98. The number of thiophene rings is 1. The lowest BCUT2D eigenvalue weighted by atomic mass is 10.2. The summed E-state index contributed by atoms with van der Waals surface area (Å²) in [4.78, 5) is 21.8. The predicted molar refractivity (Wildman–Crippen MR) is 87.5 cm³/mol. The highest BCUT2D eigenvalue weighted by Gasteiger charge is 2.24. The average Bonchev–Trinajstić information content (AvgIpc) is 3.15. The van der Waals surface area contributed by atoms with Gasteiger partial charge < -0.3 is 14.9 Å². The van der Waals surface area contributed by atoms with Crippen molar-refractivity contribution in [2.75, 3.05) is 39.2 Å². The number of carbonyl (C=O) groups excluding carboxylic acids is 1. The van der Waals surface area contributed by atoms with Gasteiger partial charge in [0.05, 0.1) is 4.88 Å². The molecule has 0 radical (unpaired) electrons. The van der Waals surface area contributed by atoms with Gasteiger partial charge in [0.2, 0.25) is 0 Å². The molecule has 0 spiro atoms. The number of fused-ring (bicyclic) bond motifs is 1. The second-order valence-corrected chi connectivity index (χ2v) is 6.24. The van der Waals surface area contributed by atoms with E-state index in [2.05, 4.69) is 41.0 Å². The van der Waals surface area contributed by atoms with Crippen molar-refractivity contribution in [3.63, 3.8) is 0 Å². The van der Waals surface area contributed by atoms with E-state index in [9.17, 15) is 4.79 Å². The predicted octanol–water partition coefficient (Wildman–Crippen LogP) is 1.86. The Morgan fingerprint density at radius 1 is 1.43 bits per heavy atom. The third-order valence-corrected chi connectivity index (χ3v) is 4.69. The number of aliphatic hydroxyl groups is 1. The molecule has 3 heterocycles. The van der Waals surface area contributed by atoms with Crippen molar-refractivity contribution in [2.24, 2.45) is 0 Å². The molecular formula is C15H21N3O2S. The molecule has 1 N–H and O–H groups in total. The van der Waals surface area contributed by atoms with Crippen LogP contribution in [0.3, 0.4) is 0 Å². The first-order chi connectivity index (χ1) is 10.2. The number of nitrogens with zero attached hydrogens (tertiary/aromatic N) is 3. The number of rotatable bonds is 3. The van der Waals surface area contributed by atoms with Crippen LogP contribution in [0.5, 0.6) is 0 Å². The fourth-order valence-electron chi connectivity index (χ4n) is 2.53. The van der Waals surface area contributed by atoms with Crippen LogP contribution in [0.2, 0.25) is 0 Å². The molecule has 1 saturated heterocycles. The minimum absolute atomic E-state index is 0.603. The Kier molecular flexibility index (Phi) is 5.27. The molecule has 5 nitrogen and oxygen atoms in total. The molecule has 1 fully saturated rings. The maximum atomic E-state index is 10.8. The van der Waals surface area contributed by atoms with Crippen LogP contribution in [0, 0.1) is 0 Å². The Morgan fingerprint density at radius 3 is 2.81 bits per heavy atom. The van der Waals surface area contributed by atoms with E-state index in [1.807, 2.05) is 6.07 Å². The topological polar surface area (TPSA) is 56.7 Å². The van der Waals surface area contributed by atoms with Crippen molar-refractivity contribution in [3.05, 3.63) is 23.1 Å². The normalized spacial score (nSPS) is 18.0. The van der Waals surface area contributed by atoms with E-state index in [0.717, 1.165) is 47.4 Å². The molecule has 3 rings (SSSR count). The van der Waals surface area contributed by atoms with Crippen molar-refractivity contribution in [3.8, 4) is 0 Å². The van der Waals surface area contributed by atoms with Gasteiger partial charge in [-0.25, -0.2) is 4.98 Å². The van der Waals surface area contributed by atoms with Crippen LogP contribution in [-0.4, -0.2) is 61.6 Å². The number of anilines is 1. The number of likely N-dealkylation sites (N-methyl/N-ethyl adjacent to an activating group) is 1. The SMILES string of the molecule is CN(C)C1CCN(c2ccc3cc(C=O)sc3n2)C1.CO. The summed E-state index contributed by atoms with van der Waals surface area (Å²) in [5.41, 5.74) is 0. The zero-order valence-electron chi connectivity index (χ0n) is 12.6. The van der Waals surface area contributed by atoms with Crippen molar-refractivity contribution in [2.45, 2.75) is 12.5 Å². The molecule has 1 atom stereocenters. The van der Waals surface area contributed by atoms with Gasteiger partial charge in [0.25, 0.3) is 0 Å². The highest BCUT2D eigenvalue weighted by atomic mass is 32.1. The molecule has 0 amide bonds. The third kappa shape index (κ3) is 3.40. The van der Waals surface area contributed by atoms with E-state index in [1.54, 1.807) is 0 Å². The van der Waals surface area contributed by atoms with Crippen molar-refractivity contribution in [1.29, 1.82) is 0 Å². The first-order valence-corrected chi connectivity index (χ1v) is 7.71. The highest BCUT2D eigenvalue weighted by Crippen LogP contribution is 2.27. The van der Waals surface area contributed by atoms with E-state index in [0.29, 0.717) is 6.04 Å². The first-order valence-electron chi connectivity index (χ1n) is 6.89. The van der Waals surface area contributed by atoms with Crippen LogP contribution in [-0.2, 0) is 0 Å². The van der Waals surface area contributed by atoms with Gasteiger partial charge in [0.15, 0.2) is 6.29 Å². The van der Waals surface area contributed by atoms with Gasteiger partial charge in [0, 0.05) is 31.6 Å². The molecule has 2 aromatic heterocycles. The molecule has 1 aliphatic heterocycles. The zero-order chi connectivity index (χ0) is 15.4. The van der Waals surface area contributed by atoms with Crippen LogP contribution in [0.1, 0.15) is 16.1 Å². The minimum atomic E-state index is 0.603. The van der Waals surface area contributed by atoms with Gasteiger partial charge >= 0.3 is 0 Å². The molecule has 21 heavy (non-hydrogen) atoms. The molecule has 1 unspecified atom stereocenters. The van der Waals surface area contributed by atoms with E-state index < -0.39 is 0 Å². The number of hydrogen-bond acceptors (Lipinski definition) is 6. The number of aldehydes is 1. The molecule has 0 aromatic carbocycles. The Labute approximate surface area is 128 Å². The van der Waals surface area contributed by atoms with Crippen LogP contribution in [0.25, 0.3) is 10.2 Å². The molecule has 6 heteroatoms. The van der Waals surface area contributed by atoms with Crippen LogP contribution < -0.4 is 4.90 Å². The van der Waals surface area contributed by atoms with Gasteiger partial charge in [-0.05, 0) is 38.7 Å².